The molecule has 1 saturated heterocycles. The van der Waals surface area contributed by atoms with E-state index in [1.165, 1.54) is 4.90 Å². The maximum absolute atomic E-state index is 13.4. The first-order valence-corrected chi connectivity index (χ1v) is 13.2. The van der Waals surface area contributed by atoms with Crippen molar-refractivity contribution in [2.75, 3.05) is 20.3 Å². The average molecular weight is 528 g/mol. The molecule has 1 unspecified atom stereocenters. The Labute approximate surface area is 230 Å². The topological polar surface area (TPSA) is 76.1 Å². The van der Waals surface area contributed by atoms with E-state index in [1.807, 2.05) is 80.6 Å². The second-order valence-electron chi connectivity index (χ2n) is 11.0. The Morgan fingerprint density at radius 1 is 0.949 bits per heavy atom. The Balaban J connectivity index is 1.74. The smallest absolute Gasteiger partial charge is 0.295 e. The third kappa shape index (κ3) is 5.91. The van der Waals surface area contributed by atoms with Crippen molar-refractivity contribution in [1.29, 1.82) is 0 Å². The zero-order valence-electron chi connectivity index (χ0n) is 23.6. The van der Waals surface area contributed by atoms with Crippen LogP contribution in [-0.4, -0.2) is 42.0 Å². The summed E-state index contributed by atoms with van der Waals surface area (Å²) >= 11 is 0. The number of nitrogens with zero attached hydrogens (tertiary/aromatic N) is 1. The van der Waals surface area contributed by atoms with Gasteiger partial charge in [-0.3, -0.25) is 9.59 Å². The van der Waals surface area contributed by atoms with Crippen molar-refractivity contribution in [3.05, 3.63) is 106 Å². The van der Waals surface area contributed by atoms with Crippen LogP contribution in [0, 0.1) is 13.8 Å². The van der Waals surface area contributed by atoms with Gasteiger partial charge >= 0.3 is 0 Å². The van der Waals surface area contributed by atoms with Gasteiger partial charge in [0.15, 0.2) is 0 Å². The second kappa shape index (κ2) is 11.5. The number of carbonyl (C=O) groups excluding carboxylic acids is 2. The first-order valence-electron chi connectivity index (χ1n) is 13.2. The van der Waals surface area contributed by atoms with Gasteiger partial charge in [-0.15, -0.1) is 0 Å². The van der Waals surface area contributed by atoms with Gasteiger partial charge in [-0.25, -0.2) is 0 Å². The summed E-state index contributed by atoms with van der Waals surface area (Å²) in [6.45, 7) is 11.1. The van der Waals surface area contributed by atoms with Crippen LogP contribution in [0.3, 0.4) is 0 Å². The van der Waals surface area contributed by atoms with Gasteiger partial charge in [0.1, 0.15) is 18.1 Å². The molecule has 1 aliphatic heterocycles. The number of likely N-dealkylation sites (tertiary alicyclic amines) is 1. The van der Waals surface area contributed by atoms with E-state index in [-0.39, 0.29) is 29.9 Å². The summed E-state index contributed by atoms with van der Waals surface area (Å²) in [5.74, 6) is -0.844. The van der Waals surface area contributed by atoms with Gasteiger partial charge in [-0.1, -0.05) is 69.3 Å². The van der Waals surface area contributed by atoms with Crippen LogP contribution in [0.15, 0.2) is 72.3 Å². The highest BCUT2D eigenvalue weighted by atomic mass is 16.5. The molecule has 6 nitrogen and oxygen atoms in total. The van der Waals surface area contributed by atoms with Gasteiger partial charge in [0.05, 0.1) is 18.2 Å². The maximum Gasteiger partial charge on any atom is 0.295 e. The number of aliphatic hydroxyl groups is 1. The van der Waals surface area contributed by atoms with Crippen molar-refractivity contribution in [3.63, 3.8) is 0 Å². The van der Waals surface area contributed by atoms with Gasteiger partial charge in [0.25, 0.3) is 11.7 Å². The summed E-state index contributed by atoms with van der Waals surface area (Å²) in [6.07, 6.45) is 0. The number of aliphatic hydroxyl groups excluding tert-OH is 1. The summed E-state index contributed by atoms with van der Waals surface area (Å²) in [6, 6.07) is 20.5. The minimum absolute atomic E-state index is 0.0823. The van der Waals surface area contributed by atoms with E-state index in [0.717, 1.165) is 22.3 Å². The molecule has 39 heavy (non-hydrogen) atoms. The molecule has 1 aliphatic rings. The van der Waals surface area contributed by atoms with E-state index in [4.69, 9.17) is 9.47 Å². The highest BCUT2D eigenvalue weighted by Crippen LogP contribution is 2.40. The molecule has 1 atom stereocenters. The lowest BCUT2D eigenvalue weighted by Crippen LogP contribution is -2.32. The molecule has 1 amide bonds. The summed E-state index contributed by atoms with van der Waals surface area (Å²) in [5.41, 5.74) is 5.29. The molecule has 1 heterocycles. The van der Waals surface area contributed by atoms with E-state index < -0.39 is 17.7 Å². The standard InChI is InChI=1S/C33H37NO5/c1-21-9-7-8-10-24(21)20-39-26-15-12-23(13-16-26)29-28(31(36)32(37)34(29)17-18-38-6)30(35)27-19-25(33(3,4)5)14-11-22(27)2/h7-16,19,29,35H,17-18,20H2,1-6H3/b30-28+. The predicted molar refractivity (Wildman–Crippen MR) is 153 cm³/mol. The van der Waals surface area contributed by atoms with Crippen LogP contribution in [0.4, 0.5) is 0 Å². The van der Waals surface area contributed by atoms with Crippen LogP contribution in [0.5, 0.6) is 5.75 Å². The molecule has 3 aromatic rings. The van der Waals surface area contributed by atoms with Crippen LogP contribution in [0.2, 0.25) is 0 Å². The van der Waals surface area contributed by atoms with E-state index in [2.05, 4.69) is 20.8 Å². The number of Topliss-reactive ketones (excluding diaryl/α,β-unsaturated/α-hetero) is 1. The molecule has 3 aromatic carbocycles. The number of hydrogen-bond donors (Lipinski definition) is 1. The zero-order valence-corrected chi connectivity index (χ0v) is 23.6. The molecule has 6 heteroatoms. The SMILES string of the molecule is COCCN1C(=O)C(=O)/C(=C(/O)c2cc(C(C)(C)C)ccc2C)C1c1ccc(OCc2ccccc2C)cc1. The number of benzene rings is 3. The Hall–Kier alpha value is -3.90. The lowest BCUT2D eigenvalue weighted by molar-refractivity contribution is -0.140. The van der Waals surface area contributed by atoms with Crippen molar-refractivity contribution >= 4 is 17.4 Å². The molecule has 4 rings (SSSR count). The molecule has 0 spiro atoms. The number of hydrogen-bond acceptors (Lipinski definition) is 5. The normalized spacial score (nSPS) is 17.1. The monoisotopic (exact) mass is 527 g/mol. The Kier molecular flexibility index (Phi) is 8.26. The summed E-state index contributed by atoms with van der Waals surface area (Å²) in [5, 5.41) is 11.6. The fourth-order valence-electron chi connectivity index (χ4n) is 4.82. The Bertz CT molecular complexity index is 1400. The molecule has 0 radical (unpaired) electrons. The molecular formula is C33H37NO5. The van der Waals surface area contributed by atoms with Crippen molar-refractivity contribution < 1.29 is 24.2 Å². The lowest BCUT2D eigenvalue weighted by atomic mass is 9.84. The van der Waals surface area contributed by atoms with Crippen LogP contribution < -0.4 is 4.74 Å². The molecule has 1 N–H and O–H groups in total. The first kappa shape index (κ1) is 28.1. The van der Waals surface area contributed by atoms with Gasteiger partial charge in [0, 0.05) is 19.2 Å². The van der Waals surface area contributed by atoms with Crippen LogP contribution in [0.25, 0.3) is 5.76 Å². The third-order valence-corrected chi connectivity index (χ3v) is 7.29. The first-order chi connectivity index (χ1) is 18.5. The minimum Gasteiger partial charge on any atom is -0.507 e. The van der Waals surface area contributed by atoms with Crippen molar-refractivity contribution in [2.24, 2.45) is 0 Å². The van der Waals surface area contributed by atoms with Crippen LogP contribution in [0.1, 0.15) is 60.2 Å². The highest BCUT2D eigenvalue weighted by molar-refractivity contribution is 6.46. The summed E-state index contributed by atoms with van der Waals surface area (Å²) in [4.78, 5) is 28.0. The van der Waals surface area contributed by atoms with E-state index >= 15 is 0 Å². The molecule has 0 saturated carbocycles. The highest BCUT2D eigenvalue weighted by Gasteiger charge is 2.46. The Morgan fingerprint density at radius 2 is 1.64 bits per heavy atom. The largest absolute Gasteiger partial charge is 0.507 e. The second-order valence-corrected chi connectivity index (χ2v) is 11.0. The number of aryl methyl sites for hydroxylation is 2. The van der Waals surface area contributed by atoms with Crippen LogP contribution >= 0.6 is 0 Å². The number of ether oxygens (including phenoxy) is 2. The molecule has 0 bridgehead atoms. The maximum atomic E-state index is 13.4. The molecule has 1 fully saturated rings. The summed E-state index contributed by atoms with van der Waals surface area (Å²) < 4.78 is 11.2. The quantitative estimate of drug-likeness (QED) is 0.213. The van der Waals surface area contributed by atoms with Crippen molar-refractivity contribution in [1.82, 2.24) is 4.90 Å². The number of carbonyl (C=O) groups is 2. The number of amides is 1. The van der Waals surface area contributed by atoms with Gasteiger partial charge in [-0.05, 0) is 65.3 Å². The molecule has 204 valence electrons. The molecular weight excluding hydrogens is 490 g/mol. The lowest BCUT2D eigenvalue weighted by Gasteiger charge is -2.26. The number of methoxy groups -OCH3 is 1. The van der Waals surface area contributed by atoms with E-state index in [1.54, 1.807) is 7.11 Å². The number of rotatable bonds is 8. The summed E-state index contributed by atoms with van der Waals surface area (Å²) in [7, 11) is 1.55. The fraction of sp³-hybridized carbons (Fsp3) is 0.333. The molecule has 0 aromatic heterocycles. The van der Waals surface area contributed by atoms with Gasteiger partial charge in [-0.2, -0.15) is 0 Å². The fourth-order valence-corrected chi connectivity index (χ4v) is 4.82. The molecule has 0 aliphatic carbocycles. The zero-order chi connectivity index (χ0) is 28.3. The van der Waals surface area contributed by atoms with E-state index in [0.29, 0.717) is 23.5 Å². The van der Waals surface area contributed by atoms with Crippen molar-refractivity contribution in [3.8, 4) is 5.75 Å². The number of ketones is 1. The van der Waals surface area contributed by atoms with Gasteiger partial charge < -0.3 is 19.5 Å². The van der Waals surface area contributed by atoms with Gasteiger partial charge in [0.2, 0.25) is 0 Å². The van der Waals surface area contributed by atoms with Crippen molar-refractivity contribution in [2.45, 2.75) is 52.7 Å². The Morgan fingerprint density at radius 3 is 2.28 bits per heavy atom. The average Bonchev–Trinajstić information content (AvgIpc) is 3.16. The predicted octanol–water partition coefficient (Wildman–Crippen LogP) is 6.25. The van der Waals surface area contributed by atoms with Crippen LogP contribution in [-0.2, 0) is 26.3 Å². The third-order valence-electron chi connectivity index (χ3n) is 7.29. The minimum atomic E-state index is -0.747. The van der Waals surface area contributed by atoms with E-state index in [9.17, 15) is 14.7 Å².